The lowest BCUT2D eigenvalue weighted by Gasteiger charge is -2.26. The summed E-state index contributed by atoms with van der Waals surface area (Å²) in [5, 5.41) is 13.1. The summed E-state index contributed by atoms with van der Waals surface area (Å²) in [4.78, 5) is 0. The quantitative estimate of drug-likeness (QED) is 0.681. The molecule has 3 heteroatoms. The van der Waals surface area contributed by atoms with E-state index in [2.05, 4.69) is 39.1 Å². The van der Waals surface area contributed by atoms with Crippen molar-refractivity contribution in [3.05, 3.63) is 0 Å². The average Bonchev–Trinajstić information content (AvgIpc) is 2.26. The lowest BCUT2D eigenvalue weighted by atomic mass is 9.98. The minimum Gasteiger partial charge on any atom is -0.300 e. The van der Waals surface area contributed by atoms with E-state index >= 15 is 0 Å². The summed E-state index contributed by atoms with van der Waals surface area (Å²) < 4.78 is 0. The van der Waals surface area contributed by atoms with Crippen LogP contribution in [-0.2, 0) is 0 Å². The van der Waals surface area contributed by atoms with Crippen LogP contribution in [0.15, 0.2) is 0 Å². The van der Waals surface area contributed by atoms with Crippen LogP contribution in [0.25, 0.3) is 0 Å². The molecule has 0 saturated carbocycles. The molecule has 0 aliphatic rings. The highest BCUT2D eigenvalue weighted by Crippen LogP contribution is 2.23. The minimum absolute atomic E-state index is 0.361. The fraction of sp³-hybridized carbons (Fsp3) is 0.929. The van der Waals surface area contributed by atoms with Gasteiger partial charge in [0.1, 0.15) is 5.54 Å². The fourth-order valence-corrected chi connectivity index (χ4v) is 3.16. The molecule has 0 saturated heterocycles. The number of rotatable bonds is 9. The Morgan fingerprint density at radius 3 is 2.47 bits per heavy atom. The third-order valence-corrected chi connectivity index (χ3v) is 4.01. The molecule has 0 heterocycles. The maximum atomic E-state index is 9.25. The number of thioether (sulfide) groups is 1. The van der Waals surface area contributed by atoms with Crippen molar-refractivity contribution in [1.29, 1.82) is 5.26 Å². The molecule has 1 N–H and O–H groups in total. The topological polar surface area (TPSA) is 35.8 Å². The second kappa shape index (κ2) is 8.83. The molecule has 0 aliphatic heterocycles. The Morgan fingerprint density at radius 1 is 1.35 bits per heavy atom. The summed E-state index contributed by atoms with van der Waals surface area (Å²) in [6, 6.07) is 2.42. The molecule has 0 fully saturated rings. The number of nitrogens with one attached hydrogen (secondary N) is 1. The van der Waals surface area contributed by atoms with E-state index in [1.54, 1.807) is 0 Å². The van der Waals surface area contributed by atoms with Gasteiger partial charge in [-0.3, -0.25) is 5.32 Å². The van der Waals surface area contributed by atoms with Crippen molar-refractivity contribution in [2.24, 2.45) is 5.92 Å². The Bertz CT molecular complexity index is 235. The van der Waals surface area contributed by atoms with Gasteiger partial charge < -0.3 is 0 Å². The van der Waals surface area contributed by atoms with Crippen LogP contribution in [0, 0.1) is 17.2 Å². The molecule has 17 heavy (non-hydrogen) atoms. The molecule has 100 valence electrons. The van der Waals surface area contributed by atoms with Gasteiger partial charge in [0.15, 0.2) is 0 Å². The maximum absolute atomic E-state index is 9.25. The minimum atomic E-state index is -0.361. The molecular formula is C14H28N2S. The third-order valence-electron chi connectivity index (χ3n) is 2.81. The van der Waals surface area contributed by atoms with E-state index in [0.717, 1.165) is 25.3 Å². The average molecular weight is 256 g/mol. The van der Waals surface area contributed by atoms with Crippen LogP contribution < -0.4 is 5.32 Å². The van der Waals surface area contributed by atoms with Crippen LogP contribution >= 0.6 is 11.8 Å². The molecule has 0 rings (SSSR count). The summed E-state index contributed by atoms with van der Waals surface area (Å²) in [5.41, 5.74) is -0.361. The van der Waals surface area contributed by atoms with E-state index in [9.17, 15) is 5.26 Å². The summed E-state index contributed by atoms with van der Waals surface area (Å²) in [5.74, 6) is 1.98. The number of hydrogen-bond acceptors (Lipinski definition) is 3. The Kier molecular flexibility index (Phi) is 8.72. The highest BCUT2D eigenvalue weighted by atomic mass is 32.2. The van der Waals surface area contributed by atoms with Crippen molar-refractivity contribution in [2.75, 3.05) is 12.3 Å². The smallest absolute Gasteiger partial charge is 0.104 e. The van der Waals surface area contributed by atoms with Crippen molar-refractivity contribution in [3.63, 3.8) is 0 Å². The second-order valence-corrected chi connectivity index (χ2v) is 6.99. The maximum Gasteiger partial charge on any atom is 0.104 e. The van der Waals surface area contributed by atoms with Crippen LogP contribution in [0.2, 0.25) is 0 Å². The Balaban J connectivity index is 3.97. The van der Waals surface area contributed by atoms with E-state index < -0.39 is 0 Å². The second-order valence-electron chi connectivity index (χ2n) is 5.44. The van der Waals surface area contributed by atoms with Gasteiger partial charge in [-0.1, -0.05) is 27.7 Å². The molecule has 0 spiro atoms. The molecule has 0 bridgehead atoms. The molecule has 0 aromatic rings. The van der Waals surface area contributed by atoms with E-state index in [0.29, 0.717) is 5.25 Å². The largest absolute Gasteiger partial charge is 0.300 e. The van der Waals surface area contributed by atoms with Crippen molar-refractivity contribution in [3.8, 4) is 6.07 Å². The molecule has 0 aromatic carbocycles. The van der Waals surface area contributed by atoms with Gasteiger partial charge in [-0.25, -0.2) is 0 Å². The van der Waals surface area contributed by atoms with E-state index in [-0.39, 0.29) is 5.54 Å². The van der Waals surface area contributed by atoms with E-state index in [1.807, 2.05) is 18.7 Å². The van der Waals surface area contributed by atoms with Crippen molar-refractivity contribution >= 4 is 11.8 Å². The first-order valence-electron chi connectivity index (χ1n) is 6.71. The van der Waals surface area contributed by atoms with Crippen molar-refractivity contribution in [1.82, 2.24) is 5.32 Å². The van der Waals surface area contributed by atoms with E-state index in [1.165, 1.54) is 12.2 Å². The van der Waals surface area contributed by atoms with Gasteiger partial charge >= 0.3 is 0 Å². The zero-order valence-corrected chi connectivity index (χ0v) is 12.9. The Morgan fingerprint density at radius 2 is 2.00 bits per heavy atom. The highest BCUT2D eigenvalue weighted by Gasteiger charge is 2.25. The first-order valence-corrected chi connectivity index (χ1v) is 7.76. The Hall–Kier alpha value is -0.200. The molecular weight excluding hydrogens is 228 g/mol. The third kappa shape index (κ3) is 8.51. The first-order chi connectivity index (χ1) is 7.93. The van der Waals surface area contributed by atoms with Gasteiger partial charge in [0.25, 0.3) is 0 Å². The van der Waals surface area contributed by atoms with Crippen molar-refractivity contribution < 1.29 is 0 Å². The summed E-state index contributed by atoms with van der Waals surface area (Å²) in [6.07, 6.45) is 3.26. The molecule has 0 radical (unpaired) electrons. The highest BCUT2D eigenvalue weighted by molar-refractivity contribution is 7.99. The number of nitrogens with zero attached hydrogens (tertiary/aromatic N) is 1. The van der Waals surface area contributed by atoms with Gasteiger partial charge in [-0.05, 0) is 44.4 Å². The van der Waals surface area contributed by atoms with Gasteiger partial charge in [0.2, 0.25) is 0 Å². The van der Waals surface area contributed by atoms with Crippen LogP contribution in [0.5, 0.6) is 0 Å². The standard InChI is InChI=1S/C14H28N2S/c1-6-8-16-14(5,11-15)10-13(4)17-9-7-12(2)3/h12-13,16H,6-10H2,1-5H3. The van der Waals surface area contributed by atoms with Gasteiger partial charge in [0.05, 0.1) is 6.07 Å². The number of hydrogen-bond donors (Lipinski definition) is 1. The predicted octanol–water partition coefficient (Wildman–Crippen LogP) is 3.83. The predicted molar refractivity (Wildman–Crippen MR) is 78.3 cm³/mol. The number of nitriles is 1. The summed E-state index contributed by atoms with van der Waals surface area (Å²) >= 11 is 1.99. The SMILES string of the molecule is CCCNC(C)(C#N)CC(C)SCCC(C)C. The van der Waals surface area contributed by atoms with Gasteiger partial charge in [0, 0.05) is 5.25 Å². The lowest BCUT2D eigenvalue weighted by molar-refractivity contribution is 0.418. The lowest BCUT2D eigenvalue weighted by Crippen LogP contribution is -2.43. The van der Waals surface area contributed by atoms with Gasteiger partial charge in [-0.15, -0.1) is 0 Å². The summed E-state index contributed by atoms with van der Waals surface area (Å²) in [7, 11) is 0. The molecule has 2 nitrogen and oxygen atoms in total. The molecule has 2 unspecified atom stereocenters. The van der Waals surface area contributed by atoms with Crippen LogP contribution in [0.4, 0.5) is 0 Å². The zero-order valence-electron chi connectivity index (χ0n) is 12.0. The van der Waals surface area contributed by atoms with Crippen LogP contribution in [-0.4, -0.2) is 23.1 Å². The van der Waals surface area contributed by atoms with Gasteiger partial charge in [-0.2, -0.15) is 17.0 Å². The Labute approximate surface area is 112 Å². The van der Waals surface area contributed by atoms with E-state index in [4.69, 9.17) is 0 Å². The zero-order chi connectivity index (χ0) is 13.3. The van der Waals surface area contributed by atoms with Crippen LogP contribution in [0.1, 0.15) is 53.9 Å². The van der Waals surface area contributed by atoms with Crippen molar-refractivity contribution in [2.45, 2.75) is 64.7 Å². The van der Waals surface area contributed by atoms with Crippen LogP contribution in [0.3, 0.4) is 0 Å². The fourth-order valence-electron chi connectivity index (χ4n) is 1.70. The monoisotopic (exact) mass is 256 g/mol. The molecule has 2 atom stereocenters. The molecule has 0 amide bonds. The molecule has 0 aliphatic carbocycles. The normalized spacial score (nSPS) is 16.5. The summed E-state index contributed by atoms with van der Waals surface area (Å²) in [6.45, 7) is 11.8. The first kappa shape index (κ1) is 16.8. The molecule has 0 aromatic heterocycles.